The van der Waals surface area contributed by atoms with Crippen molar-refractivity contribution >= 4 is 70.9 Å². The number of pyridine rings is 1. The van der Waals surface area contributed by atoms with Gasteiger partial charge in [-0.3, -0.25) is 0 Å². The molecule has 7 heteroatoms. The van der Waals surface area contributed by atoms with E-state index in [-0.39, 0.29) is 16.7 Å². The minimum atomic E-state index is -2.52. The Morgan fingerprint density at radius 1 is 0.528 bits per heavy atom. The molecule has 0 bridgehead atoms. The van der Waals surface area contributed by atoms with Crippen LogP contribution in [0.25, 0.3) is 110 Å². The van der Waals surface area contributed by atoms with Gasteiger partial charge in [-0.1, -0.05) is 57.2 Å². The second-order valence-electron chi connectivity index (χ2n) is 19.5. The number of hydrogen-bond acceptors (Lipinski definition) is 2. The van der Waals surface area contributed by atoms with E-state index < -0.39 is 6.85 Å². The topological polar surface area (TPSA) is 41.3 Å². The van der Waals surface area contributed by atoms with Gasteiger partial charge in [0.1, 0.15) is 0 Å². The number of ether oxygens (including phenoxy) is 1. The summed E-state index contributed by atoms with van der Waals surface area (Å²) in [4.78, 5) is 5.02. The Kier molecular flexibility index (Phi) is 8.82. The fourth-order valence-corrected chi connectivity index (χ4v) is 12.0. The van der Waals surface area contributed by atoms with Crippen molar-refractivity contribution in [3.8, 4) is 50.9 Å². The molecule has 0 atom stereocenters. The number of aromatic nitrogens is 5. The van der Waals surface area contributed by atoms with Gasteiger partial charge in [0.25, 0.3) is 0 Å². The first kappa shape index (κ1) is 39.4. The molecular weight excluding hydrogens is 1060 g/mol. The first-order valence-electron chi connectivity index (χ1n) is 25.6. The van der Waals surface area contributed by atoms with Crippen LogP contribution in [0, 0.1) is 22.8 Å². The number of para-hydroxylation sites is 5. The third kappa shape index (κ3) is 6.45. The Morgan fingerprint density at radius 3 is 1.89 bits per heavy atom. The average Bonchev–Trinajstić information content (AvgIpc) is 4.30. The Labute approximate surface area is 431 Å². The molecule has 0 N–H and O–H groups in total. The summed E-state index contributed by atoms with van der Waals surface area (Å²) in [6.45, 7) is 4.10. The van der Waals surface area contributed by atoms with Gasteiger partial charge >= 0.3 is 305 Å². The molecule has 5 aromatic heterocycles. The maximum absolute atomic E-state index is 8.77. The first-order chi connectivity index (χ1) is 36.4. The van der Waals surface area contributed by atoms with E-state index in [1.54, 1.807) is 6.07 Å². The van der Waals surface area contributed by atoms with Crippen LogP contribution in [0.1, 0.15) is 36.0 Å². The molecule has 0 aliphatic heterocycles. The van der Waals surface area contributed by atoms with Crippen molar-refractivity contribution in [2.24, 2.45) is 0 Å². The summed E-state index contributed by atoms with van der Waals surface area (Å²) in [5.41, 5.74) is 14.1. The molecule has 0 fully saturated rings. The molecule has 348 valence electrons. The van der Waals surface area contributed by atoms with Crippen LogP contribution in [0.5, 0.6) is 11.5 Å². The number of benzene rings is 9. The van der Waals surface area contributed by atoms with E-state index in [0.29, 0.717) is 11.4 Å². The number of imidazole rings is 1. The van der Waals surface area contributed by atoms with Crippen molar-refractivity contribution in [1.82, 2.24) is 23.1 Å². The minimum Gasteiger partial charge on any atom is -0.0561 e. The van der Waals surface area contributed by atoms with Crippen LogP contribution in [0.3, 0.4) is 0 Å². The SMILES string of the molecule is [2H]C([2H])([2H])c1ccc(-n2[c](=[Pt])n(-c3c(-c4ccccc4)cccc3-c3ccccc3)c3ccccc32)[c-]c1Oc1[c-]c2c(cc1)c1cc3c4cccc5c6ccccc6n(c3cc1n2-c1cc(C(C)(C)C)ccn1)c54. The van der Waals surface area contributed by atoms with E-state index in [4.69, 9.17) is 13.8 Å². The van der Waals surface area contributed by atoms with Gasteiger partial charge < -0.3 is 4.40 Å². The first-order valence-corrected chi connectivity index (χ1v) is 25.3. The molecule has 0 radical (unpaired) electrons. The van der Waals surface area contributed by atoms with Gasteiger partial charge in [-0.25, -0.2) is 0 Å². The monoisotopic (exact) mass is 1110 g/mol. The van der Waals surface area contributed by atoms with Crippen molar-refractivity contribution in [1.29, 1.82) is 0 Å². The predicted molar refractivity (Wildman–Crippen MR) is 291 cm³/mol. The second kappa shape index (κ2) is 16.1. The summed E-state index contributed by atoms with van der Waals surface area (Å²) in [6, 6.07) is 74.3. The fraction of sp³-hybridized carbons (Fsp3) is 0.0769. The molecule has 0 spiro atoms. The molecule has 0 saturated carbocycles. The van der Waals surface area contributed by atoms with Crippen LogP contribution in [0.2, 0.25) is 0 Å². The molecule has 72 heavy (non-hydrogen) atoms. The van der Waals surface area contributed by atoms with Crippen molar-refractivity contribution in [2.75, 3.05) is 0 Å². The smallest absolute Gasteiger partial charge is 0.0561 e. The normalized spacial score (nSPS) is 13.0. The zero-order valence-electron chi connectivity index (χ0n) is 42.5. The van der Waals surface area contributed by atoms with E-state index in [2.05, 4.69) is 228 Å². The third-order valence-corrected chi connectivity index (χ3v) is 15.3. The Hall–Kier alpha value is -8.31. The molecule has 14 aromatic rings. The summed E-state index contributed by atoms with van der Waals surface area (Å²) < 4.78 is 43.0. The summed E-state index contributed by atoms with van der Waals surface area (Å²) in [6.07, 6.45) is 1.88. The summed E-state index contributed by atoms with van der Waals surface area (Å²) in [5, 5.41) is 6.81. The molecule has 14 rings (SSSR count). The van der Waals surface area contributed by atoms with E-state index >= 15 is 0 Å². The van der Waals surface area contributed by atoms with Gasteiger partial charge in [0, 0.05) is 27.7 Å². The van der Waals surface area contributed by atoms with E-state index in [0.717, 1.165) is 92.4 Å². The standard InChI is InChI=1S/C65H45N5O.Pt/c1-41-29-30-45(67-40-68(57-28-14-13-27-56(57)67)63-47(42-17-7-5-8-18-42)22-15-23-48(63)43-19-9-6-10-20-43)36-61(41)71-46-31-32-50-53-38-54-52-25-16-24-51-49-21-11-12-26-55(49)70(64(51)52)60(54)39-59(53)69(58(50)37-46)62-35-44(33-34-66-62)65(2,3)4;/h5-35,38-39H,1-4H3;/q-2;/i1D3;. The van der Waals surface area contributed by atoms with Crippen LogP contribution < -0.4 is 4.74 Å². The van der Waals surface area contributed by atoms with Gasteiger partial charge in [0.15, 0.2) is 0 Å². The predicted octanol–water partition coefficient (Wildman–Crippen LogP) is 16.5. The van der Waals surface area contributed by atoms with E-state index in [1.807, 2.05) is 36.5 Å². The second-order valence-corrected chi connectivity index (χ2v) is 20.6. The number of hydrogen-bond donors (Lipinski definition) is 0. The fourth-order valence-electron chi connectivity index (χ4n) is 11.0. The zero-order chi connectivity index (χ0) is 50.9. The number of aryl methyl sites for hydroxylation is 1. The molecule has 0 saturated heterocycles. The molecule has 0 aliphatic rings. The molecule has 5 heterocycles. The molecule has 0 unspecified atom stereocenters. The van der Waals surface area contributed by atoms with Crippen molar-refractivity contribution in [2.45, 2.75) is 33.0 Å². The van der Waals surface area contributed by atoms with Crippen molar-refractivity contribution in [3.05, 3.63) is 227 Å². The number of fused-ring (bicyclic) bond motifs is 10. The minimum absolute atomic E-state index is 0.0421. The number of nitrogens with zero attached hydrogens (tertiary/aromatic N) is 5. The Morgan fingerprint density at radius 2 is 1.17 bits per heavy atom. The molecular formula is C65H45N5OPt-2. The maximum atomic E-state index is 8.77. The zero-order valence-corrected chi connectivity index (χ0v) is 41.8. The van der Waals surface area contributed by atoms with Gasteiger partial charge in [0.05, 0.1) is 16.6 Å². The van der Waals surface area contributed by atoms with Crippen molar-refractivity contribution < 1.29 is 28.2 Å². The Bertz CT molecular complexity index is 4620. The molecule has 6 nitrogen and oxygen atoms in total. The average molecular weight is 1110 g/mol. The number of rotatable bonds is 7. The quantitative estimate of drug-likeness (QED) is 0.149. The van der Waals surface area contributed by atoms with Crippen molar-refractivity contribution in [3.63, 3.8) is 0 Å². The molecule has 9 aromatic carbocycles. The van der Waals surface area contributed by atoms with Crippen LogP contribution in [-0.4, -0.2) is 23.1 Å². The third-order valence-electron chi connectivity index (χ3n) is 14.3. The van der Waals surface area contributed by atoms with Gasteiger partial charge in [-0.2, -0.15) is 0 Å². The van der Waals surface area contributed by atoms with Gasteiger partial charge in [0.2, 0.25) is 0 Å². The molecule has 0 aliphatic carbocycles. The summed E-state index contributed by atoms with van der Waals surface area (Å²) in [5.74, 6) is 1.19. The van der Waals surface area contributed by atoms with Crippen LogP contribution >= 0.6 is 0 Å². The van der Waals surface area contributed by atoms with E-state index in [9.17, 15) is 0 Å². The van der Waals surface area contributed by atoms with Crippen LogP contribution in [0.4, 0.5) is 0 Å². The van der Waals surface area contributed by atoms with Gasteiger partial charge in [-0.15, -0.1) is 0 Å². The molecule has 0 amide bonds. The van der Waals surface area contributed by atoms with Crippen LogP contribution in [0.15, 0.2) is 200 Å². The van der Waals surface area contributed by atoms with Crippen LogP contribution in [-0.2, 0) is 24.8 Å². The van der Waals surface area contributed by atoms with Gasteiger partial charge in [-0.05, 0) is 23.1 Å². The Balaban J connectivity index is 0.972. The summed E-state index contributed by atoms with van der Waals surface area (Å²) in [7, 11) is 0. The summed E-state index contributed by atoms with van der Waals surface area (Å²) >= 11 is 2.40. The van der Waals surface area contributed by atoms with E-state index in [1.165, 1.54) is 21.7 Å².